The Morgan fingerprint density at radius 1 is 1.29 bits per heavy atom. The van der Waals surface area contributed by atoms with Crippen LogP contribution in [-0.2, 0) is 11.2 Å². The standard InChI is InChI=1S/C14H20N4O3/c1-2-5-15-6-7-16-12-8-10-3-4-14(19)17-11(10)9-13(12)18(20)21/h8-9,15-16H,2-7H2,1H3,(H,17,19). The molecule has 0 saturated heterocycles. The SMILES string of the molecule is CCCNCCNc1cc2c(cc1[N+](=O)[O-])NC(=O)CC2. The maximum Gasteiger partial charge on any atom is 0.294 e. The van der Waals surface area contributed by atoms with Crippen molar-refractivity contribution in [2.45, 2.75) is 26.2 Å². The first-order valence-corrected chi connectivity index (χ1v) is 7.17. The van der Waals surface area contributed by atoms with E-state index in [9.17, 15) is 14.9 Å². The predicted octanol–water partition coefficient (Wildman–Crippen LogP) is 1.89. The van der Waals surface area contributed by atoms with Crippen molar-refractivity contribution in [3.8, 4) is 0 Å². The minimum absolute atomic E-state index is 0.00792. The highest BCUT2D eigenvalue weighted by molar-refractivity contribution is 5.95. The van der Waals surface area contributed by atoms with Crippen molar-refractivity contribution in [3.05, 3.63) is 27.8 Å². The monoisotopic (exact) mass is 292 g/mol. The summed E-state index contributed by atoms with van der Waals surface area (Å²) in [5.41, 5.74) is 1.98. The van der Waals surface area contributed by atoms with Crippen LogP contribution < -0.4 is 16.0 Å². The number of amides is 1. The molecule has 7 heteroatoms. The van der Waals surface area contributed by atoms with E-state index in [1.165, 1.54) is 6.07 Å². The number of fused-ring (bicyclic) bond motifs is 1. The van der Waals surface area contributed by atoms with E-state index >= 15 is 0 Å². The summed E-state index contributed by atoms with van der Waals surface area (Å²) in [4.78, 5) is 22.1. The third-order valence-corrected chi connectivity index (χ3v) is 3.36. The molecule has 0 unspecified atom stereocenters. The van der Waals surface area contributed by atoms with Crippen LogP contribution in [0.4, 0.5) is 17.1 Å². The average Bonchev–Trinajstić information content (AvgIpc) is 2.46. The van der Waals surface area contributed by atoms with Gasteiger partial charge in [-0.3, -0.25) is 14.9 Å². The summed E-state index contributed by atoms with van der Waals surface area (Å²) in [5.74, 6) is -0.0960. The molecular formula is C14H20N4O3. The van der Waals surface area contributed by atoms with Gasteiger partial charge in [-0.05, 0) is 31.0 Å². The molecule has 2 rings (SSSR count). The fraction of sp³-hybridized carbons (Fsp3) is 0.500. The molecule has 3 N–H and O–H groups in total. The molecule has 21 heavy (non-hydrogen) atoms. The number of nitro benzene ring substituents is 1. The summed E-state index contributed by atoms with van der Waals surface area (Å²) in [7, 11) is 0. The first kappa shape index (κ1) is 15.2. The fourth-order valence-corrected chi connectivity index (χ4v) is 2.30. The molecule has 0 saturated carbocycles. The number of benzene rings is 1. The normalized spacial score (nSPS) is 13.5. The van der Waals surface area contributed by atoms with Crippen LogP contribution in [0, 0.1) is 10.1 Å². The second-order valence-electron chi connectivity index (χ2n) is 5.01. The van der Waals surface area contributed by atoms with Crippen LogP contribution >= 0.6 is 0 Å². The van der Waals surface area contributed by atoms with Crippen molar-refractivity contribution in [2.24, 2.45) is 0 Å². The Balaban J connectivity index is 2.12. The van der Waals surface area contributed by atoms with Crippen LogP contribution in [0.1, 0.15) is 25.3 Å². The van der Waals surface area contributed by atoms with Crippen LogP contribution in [0.5, 0.6) is 0 Å². The summed E-state index contributed by atoms with van der Waals surface area (Å²) in [5, 5.41) is 20.2. The van der Waals surface area contributed by atoms with E-state index in [1.54, 1.807) is 6.07 Å². The van der Waals surface area contributed by atoms with Crippen LogP contribution in [0.25, 0.3) is 0 Å². The van der Waals surface area contributed by atoms with Gasteiger partial charge in [-0.25, -0.2) is 0 Å². The Kier molecular flexibility index (Phi) is 5.10. The lowest BCUT2D eigenvalue weighted by Gasteiger charge is -2.18. The summed E-state index contributed by atoms with van der Waals surface area (Å²) >= 11 is 0. The zero-order valence-electron chi connectivity index (χ0n) is 12.1. The van der Waals surface area contributed by atoms with Crippen molar-refractivity contribution < 1.29 is 9.72 Å². The molecular weight excluding hydrogens is 272 g/mol. The summed E-state index contributed by atoms with van der Waals surface area (Å²) in [6, 6.07) is 3.21. The van der Waals surface area contributed by atoms with Crippen molar-refractivity contribution in [2.75, 3.05) is 30.3 Å². The second-order valence-corrected chi connectivity index (χ2v) is 5.01. The van der Waals surface area contributed by atoms with Gasteiger partial charge in [0.1, 0.15) is 5.69 Å². The highest BCUT2D eigenvalue weighted by atomic mass is 16.6. The van der Waals surface area contributed by atoms with Gasteiger partial charge in [0.25, 0.3) is 5.69 Å². The Hall–Kier alpha value is -2.15. The lowest BCUT2D eigenvalue weighted by atomic mass is 10.0. The van der Waals surface area contributed by atoms with Gasteiger partial charge in [-0.1, -0.05) is 6.92 Å². The van der Waals surface area contributed by atoms with Gasteiger partial charge in [-0.15, -0.1) is 0 Å². The molecule has 1 aromatic carbocycles. The van der Waals surface area contributed by atoms with Crippen molar-refractivity contribution >= 4 is 23.0 Å². The van der Waals surface area contributed by atoms with Gasteiger partial charge in [-0.2, -0.15) is 0 Å². The molecule has 1 aliphatic rings. The van der Waals surface area contributed by atoms with Crippen LogP contribution in [0.15, 0.2) is 12.1 Å². The van der Waals surface area contributed by atoms with Crippen LogP contribution in [-0.4, -0.2) is 30.5 Å². The van der Waals surface area contributed by atoms with Gasteiger partial charge in [0.2, 0.25) is 5.91 Å². The molecule has 0 aliphatic carbocycles. The Labute approximate surface area is 123 Å². The van der Waals surface area contributed by atoms with E-state index in [-0.39, 0.29) is 11.6 Å². The zero-order valence-corrected chi connectivity index (χ0v) is 12.1. The quantitative estimate of drug-likeness (QED) is 0.405. The highest BCUT2D eigenvalue weighted by Gasteiger charge is 2.22. The Morgan fingerprint density at radius 3 is 2.81 bits per heavy atom. The van der Waals surface area contributed by atoms with E-state index in [2.05, 4.69) is 22.9 Å². The number of nitrogens with zero attached hydrogens (tertiary/aromatic N) is 1. The molecule has 1 aliphatic heterocycles. The number of nitro groups is 1. The summed E-state index contributed by atoms with van der Waals surface area (Å²) in [6.45, 7) is 4.38. The molecule has 0 aromatic heterocycles. The van der Waals surface area contributed by atoms with E-state index in [1.807, 2.05) is 0 Å². The summed E-state index contributed by atoms with van der Waals surface area (Å²) < 4.78 is 0. The molecule has 0 fully saturated rings. The average molecular weight is 292 g/mol. The van der Waals surface area contributed by atoms with Crippen molar-refractivity contribution in [1.82, 2.24) is 5.32 Å². The van der Waals surface area contributed by atoms with E-state index in [4.69, 9.17) is 0 Å². The fourth-order valence-electron chi connectivity index (χ4n) is 2.30. The van der Waals surface area contributed by atoms with Gasteiger partial charge < -0.3 is 16.0 Å². The Morgan fingerprint density at radius 2 is 2.10 bits per heavy atom. The number of nitrogens with one attached hydrogen (secondary N) is 3. The lowest BCUT2D eigenvalue weighted by molar-refractivity contribution is -0.383. The third-order valence-electron chi connectivity index (χ3n) is 3.36. The molecule has 114 valence electrons. The van der Waals surface area contributed by atoms with Gasteiger partial charge >= 0.3 is 0 Å². The number of carbonyl (C=O) groups is 1. The largest absolute Gasteiger partial charge is 0.378 e. The topological polar surface area (TPSA) is 96.3 Å². The number of hydrogen-bond donors (Lipinski definition) is 3. The van der Waals surface area contributed by atoms with Crippen molar-refractivity contribution in [3.63, 3.8) is 0 Å². The highest BCUT2D eigenvalue weighted by Crippen LogP contribution is 2.33. The van der Waals surface area contributed by atoms with Crippen LogP contribution in [0.2, 0.25) is 0 Å². The second kappa shape index (κ2) is 7.03. The number of aryl methyl sites for hydroxylation is 1. The van der Waals surface area contributed by atoms with E-state index < -0.39 is 4.92 Å². The first-order chi connectivity index (χ1) is 10.1. The number of hydrogen-bond acceptors (Lipinski definition) is 5. The maximum atomic E-state index is 11.4. The lowest BCUT2D eigenvalue weighted by Crippen LogP contribution is -2.23. The molecule has 1 aromatic rings. The van der Waals surface area contributed by atoms with Gasteiger partial charge in [0, 0.05) is 25.6 Å². The molecule has 7 nitrogen and oxygen atoms in total. The molecule has 1 amide bonds. The number of carbonyl (C=O) groups excluding carboxylic acids is 1. The van der Waals surface area contributed by atoms with Crippen molar-refractivity contribution in [1.29, 1.82) is 0 Å². The molecule has 0 bridgehead atoms. The number of rotatable bonds is 7. The first-order valence-electron chi connectivity index (χ1n) is 7.17. The Bertz CT molecular complexity index is 545. The van der Waals surface area contributed by atoms with Crippen LogP contribution in [0.3, 0.4) is 0 Å². The molecule has 1 heterocycles. The number of anilines is 2. The van der Waals surface area contributed by atoms with Gasteiger partial charge in [0.05, 0.1) is 10.6 Å². The zero-order chi connectivity index (χ0) is 15.2. The maximum absolute atomic E-state index is 11.4. The predicted molar refractivity (Wildman–Crippen MR) is 81.7 cm³/mol. The van der Waals surface area contributed by atoms with E-state index in [0.29, 0.717) is 30.8 Å². The smallest absolute Gasteiger partial charge is 0.294 e. The minimum Gasteiger partial charge on any atom is -0.378 e. The minimum atomic E-state index is -0.428. The molecule has 0 atom stereocenters. The molecule has 0 radical (unpaired) electrons. The van der Waals surface area contributed by atoms with E-state index in [0.717, 1.165) is 25.1 Å². The van der Waals surface area contributed by atoms with Gasteiger partial charge in [0.15, 0.2) is 0 Å². The summed E-state index contributed by atoms with van der Waals surface area (Å²) in [6.07, 6.45) is 2.09. The third kappa shape index (κ3) is 3.91. The molecule has 0 spiro atoms.